The van der Waals surface area contributed by atoms with Gasteiger partial charge >= 0.3 is 0 Å². The first kappa shape index (κ1) is 26.9. The zero-order chi connectivity index (χ0) is 27.5. The molecule has 0 radical (unpaired) electrons. The standard InChI is InChI=1S/C28H27Cl2FN6O2/c1-17(26-22(29)2-3-23(31)27(26)30)39-24-13-19(14-34-28(24)32)20-15-35-37(16-20)21-6-10-36(11-7-21)25(38)12-18-4-8-33-9-5-18/h2-5,8-9,13-17,21H,6-7,10-12H2,1H3,(H2,32,34)/t17-/m1/s1. The first-order valence-electron chi connectivity index (χ1n) is 12.6. The SMILES string of the molecule is C[C@@H](Oc1cc(-c2cnn(C3CCN(C(=O)Cc4ccncc4)CC3)c2)cnc1N)c1c(Cl)ccc(F)c1Cl. The number of likely N-dealkylation sites (tertiary alicyclic amines) is 1. The zero-order valence-electron chi connectivity index (χ0n) is 21.2. The Balaban J connectivity index is 1.25. The van der Waals surface area contributed by atoms with Gasteiger partial charge in [0, 0.05) is 59.6 Å². The summed E-state index contributed by atoms with van der Waals surface area (Å²) in [7, 11) is 0. The lowest BCUT2D eigenvalue weighted by Crippen LogP contribution is -2.39. The van der Waals surface area contributed by atoms with Crippen LogP contribution in [0.4, 0.5) is 10.2 Å². The van der Waals surface area contributed by atoms with Gasteiger partial charge in [-0.1, -0.05) is 23.2 Å². The molecule has 0 unspecified atom stereocenters. The molecule has 1 saturated heterocycles. The van der Waals surface area contributed by atoms with Crippen LogP contribution >= 0.6 is 23.2 Å². The van der Waals surface area contributed by atoms with E-state index in [-0.39, 0.29) is 22.8 Å². The molecule has 11 heteroatoms. The number of hydrogen-bond acceptors (Lipinski definition) is 6. The van der Waals surface area contributed by atoms with Crippen molar-refractivity contribution in [2.45, 2.75) is 38.3 Å². The van der Waals surface area contributed by atoms with Crippen molar-refractivity contribution < 1.29 is 13.9 Å². The van der Waals surface area contributed by atoms with Crippen LogP contribution in [-0.4, -0.2) is 43.6 Å². The Morgan fingerprint density at radius 1 is 1.15 bits per heavy atom. The number of halogens is 3. The molecule has 0 spiro atoms. The van der Waals surface area contributed by atoms with E-state index in [1.807, 2.05) is 27.9 Å². The predicted molar refractivity (Wildman–Crippen MR) is 148 cm³/mol. The molecule has 3 aromatic heterocycles. The number of hydrogen-bond donors (Lipinski definition) is 1. The third-order valence-corrected chi connectivity index (χ3v) is 7.62. The first-order valence-corrected chi connectivity index (χ1v) is 13.3. The van der Waals surface area contributed by atoms with E-state index in [0.717, 1.165) is 29.5 Å². The smallest absolute Gasteiger partial charge is 0.226 e. The van der Waals surface area contributed by atoms with Crippen LogP contribution in [0.1, 0.15) is 43.0 Å². The summed E-state index contributed by atoms with van der Waals surface area (Å²) in [5.74, 6) is 0.0506. The second kappa shape index (κ2) is 11.6. The highest BCUT2D eigenvalue weighted by atomic mass is 35.5. The zero-order valence-corrected chi connectivity index (χ0v) is 22.7. The quantitative estimate of drug-likeness (QED) is 0.278. The van der Waals surface area contributed by atoms with Crippen LogP contribution in [0.2, 0.25) is 10.0 Å². The summed E-state index contributed by atoms with van der Waals surface area (Å²) in [5.41, 5.74) is 8.98. The van der Waals surface area contributed by atoms with Crippen molar-refractivity contribution in [2.24, 2.45) is 0 Å². The Morgan fingerprint density at radius 3 is 2.64 bits per heavy atom. The first-order chi connectivity index (χ1) is 18.8. The highest BCUT2D eigenvalue weighted by Gasteiger charge is 2.25. The molecule has 202 valence electrons. The molecule has 1 aromatic carbocycles. The molecule has 4 heterocycles. The molecule has 1 amide bonds. The second-order valence-electron chi connectivity index (χ2n) is 9.48. The molecule has 8 nitrogen and oxygen atoms in total. The number of aromatic nitrogens is 4. The number of amides is 1. The van der Waals surface area contributed by atoms with Crippen molar-refractivity contribution in [3.8, 4) is 16.9 Å². The highest BCUT2D eigenvalue weighted by Crippen LogP contribution is 2.37. The minimum Gasteiger partial charge on any atom is -0.482 e. The molecular formula is C28H27Cl2FN6O2. The second-order valence-corrected chi connectivity index (χ2v) is 10.3. The molecule has 0 aliphatic carbocycles. The number of anilines is 1. The highest BCUT2D eigenvalue weighted by molar-refractivity contribution is 6.36. The van der Waals surface area contributed by atoms with Gasteiger partial charge in [0.1, 0.15) is 11.9 Å². The number of nitrogen functional groups attached to an aromatic ring is 1. The number of piperidine rings is 1. The van der Waals surface area contributed by atoms with Crippen LogP contribution in [0.15, 0.2) is 61.3 Å². The van der Waals surface area contributed by atoms with Crippen LogP contribution in [0.3, 0.4) is 0 Å². The lowest BCUT2D eigenvalue weighted by molar-refractivity contribution is -0.131. The van der Waals surface area contributed by atoms with E-state index in [1.165, 1.54) is 12.1 Å². The summed E-state index contributed by atoms with van der Waals surface area (Å²) in [6, 6.07) is 8.32. The molecule has 1 aliphatic heterocycles. The average molecular weight is 569 g/mol. The minimum absolute atomic E-state index is 0.0934. The van der Waals surface area contributed by atoms with Crippen LogP contribution in [0.5, 0.6) is 5.75 Å². The summed E-state index contributed by atoms with van der Waals surface area (Å²) in [4.78, 5) is 22.9. The Bertz CT molecular complexity index is 1470. The van der Waals surface area contributed by atoms with Crippen molar-refractivity contribution in [3.63, 3.8) is 0 Å². The monoisotopic (exact) mass is 568 g/mol. The van der Waals surface area contributed by atoms with E-state index >= 15 is 0 Å². The summed E-state index contributed by atoms with van der Waals surface area (Å²) < 4.78 is 22.0. The summed E-state index contributed by atoms with van der Waals surface area (Å²) in [5, 5.41) is 4.78. The van der Waals surface area contributed by atoms with E-state index in [9.17, 15) is 9.18 Å². The lowest BCUT2D eigenvalue weighted by Gasteiger charge is -2.32. The third kappa shape index (κ3) is 5.99. The molecule has 5 rings (SSSR count). The number of carbonyl (C=O) groups excluding carboxylic acids is 1. The van der Waals surface area contributed by atoms with Gasteiger partial charge in [-0.15, -0.1) is 0 Å². The van der Waals surface area contributed by atoms with E-state index in [1.54, 1.807) is 37.8 Å². The molecule has 0 saturated carbocycles. The molecule has 2 N–H and O–H groups in total. The minimum atomic E-state index is -0.672. The van der Waals surface area contributed by atoms with Gasteiger partial charge in [-0.2, -0.15) is 5.10 Å². The summed E-state index contributed by atoms with van der Waals surface area (Å²) in [6.45, 7) is 3.06. The maximum Gasteiger partial charge on any atom is 0.226 e. The van der Waals surface area contributed by atoms with Crippen molar-refractivity contribution in [3.05, 3.63) is 88.3 Å². The average Bonchev–Trinajstić information content (AvgIpc) is 3.43. The number of pyridine rings is 2. The van der Waals surface area contributed by atoms with Crippen molar-refractivity contribution in [1.82, 2.24) is 24.6 Å². The fraction of sp³-hybridized carbons (Fsp3) is 0.286. The van der Waals surface area contributed by atoms with Gasteiger partial charge in [-0.05, 0) is 55.7 Å². The van der Waals surface area contributed by atoms with E-state index in [4.69, 9.17) is 33.7 Å². The number of ether oxygens (including phenoxy) is 1. The predicted octanol–water partition coefficient (Wildman–Crippen LogP) is 5.91. The number of rotatable bonds is 7. The number of nitrogens with zero attached hydrogens (tertiary/aromatic N) is 5. The van der Waals surface area contributed by atoms with Gasteiger partial charge in [0.15, 0.2) is 11.6 Å². The molecule has 1 fully saturated rings. The molecule has 1 atom stereocenters. The van der Waals surface area contributed by atoms with Gasteiger partial charge in [0.2, 0.25) is 5.91 Å². The fourth-order valence-corrected chi connectivity index (χ4v) is 5.40. The Hall–Kier alpha value is -3.69. The normalized spacial score (nSPS) is 14.8. The summed E-state index contributed by atoms with van der Waals surface area (Å²) >= 11 is 12.4. The van der Waals surface area contributed by atoms with Crippen molar-refractivity contribution >= 4 is 34.9 Å². The molecule has 1 aliphatic rings. The van der Waals surface area contributed by atoms with Gasteiger partial charge < -0.3 is 15.4 Å². The maximum absolute atomic E-state index is 14.0. The molecule has 4 aromatic rings. The number of carbonyl (C=O) groups is 1. The fourth-order valence-electron chi connectivity index (χ4n) is 4.73. The number of nitrogens with two attached hydrogens (primary N) is 1. The summed E-state index contributed by atoms with van der Waals surface area (Å²) in [6.07, 6.45) is 10.1. The van der Waals surface area contributed by atoms with Gasteiger partial charge in [0.05, 0.1) is 23.7 Å². The van der Waals surface area contributed by atoms with E-state index < -0.39 is 11.9 Å². The van der Waals surface area contributed by atoms with Crippen molar-refractivity contribution in [1.29, 1.82) is 0 Å². The van der Waals surface area contributed by atoms with Crippen LogP contribution in [-0.2, 0) is 11.2 Å². The molecule has 39 heavy (non-hydrogen) atoms. The topological polar surface area (TPSA) is 99.2 Å². The van der Waals surface area contributed by atoms with Gasteiger partial charge in [0.25, 0.3) is 0 Å². The van der Waals surface area contributed by atoms with Crippen LogP contribution < -0.4 is 10.5 Å². The van der Waals surface area contributed by atoms with Gasteiger partial charge in [-0.25, -0.2) is 9.37 Å². The van der Waals surface area contributed by atoms with Crippen molar-refractivity contribution in [2.75, 3.05) is 18.8 Å². The lowest BCUT2D eigenvalue weighted by atomic mass is 10.0. The van der Waals surface area contributed by atoms with Crippen LogP contribution in [0, 0.1) is 5.82 Å². The third-order valence-electron chi connectivity index (χ3n) is 6.90. The van der Waals surface area contributed by atoms with E-state index in [0.29, 0.717) is 35.8 Å². The Morgan fingerprint density at radius 2 is 1.90 bits per heavy atom. The van der Waals surface area contributed by atoms with Crippen LogP contribution in [0.25, 0.3) is 11.1 Å². The van der Waals surface area contributed by atoms with Gasteiger partial charge in [-0.3, -0.25) is 14.5 Å². The Labute approximate surface area is 235 Å². The largest absolute Gasteiger partial charge is 0.482 e. The Kier molecular flexibility index (Phi) is 7.99. The number of benzene rings is 1. The van der Waals surface area contributed by atoms with E-state index in [2.05, 4.69) is 15.1 Å². The molecule has 0 bridgehead atoms. The maximum atomic E-state index is 14.0. The molecular weight excluding hydrogens is 542 g/mol.